The summed E-state index contributed by atoms with van der Waals surface area (Å²) in [5.74, 6) is 0.824. The van der Waals surface area contributed by atoms with Crippen molar-refractivity contribution in [2.24, 2.45) is 11.7 Å². The van der Waals surface area contributed by atoms with E-state index in [0.29, 0.717) is 24.6 Å². The SMILES string of the molecule is CC1CCN(c2nc(C(F)(F)F)ccc2C(N)=S)CC1. The van der Waals surface area contributed by atoms with Crippen LogP contribution in [0, 0.1) is 5.92 Å². The number of halogens is 3. The first-order chi connectivity index (χ1) is 9.29. The highest BCUT2D eigenvalue weighted by Crippen LogP contribution is 2.32. The minimum Gasteiger partial charge on any atom is -0.389 e. The van der Waals surface area contributed by atoms with Gasteiger partial charge < -0.3 is 10.6 Å². The third-order valence-electron chi connectivity index (χ3n) is 3.51. The Morgan fingerprint density at radius 3 is 2.45 bits per heavy atom. The summed E-state index contributed by atoms with van der Waals surface area (Å²) in [7, 11) is 0. The van der Waals surface area contributed by atoms with Crippen LogP contribution in [0.5, 0.6) is 0 Å². The van der Waals surface area contributed by atoms with Crippen LogP contribution in [0.4, 0.5) is 19.0 Å². The van der Waals surface area contributed by atoms with Crippen molar-refractivity contribution in [1.82, 2.24) is 4.98 Å². The first kappa shape index (κ1) is 15.0. The first-order valence-corrected chi connectivity index (χ1v) is 6.83. The normalized spacial score (nSPS) is 17.3. The molecule has 0 saturated carbocycles. The van der Waals surface area contributed by atoms with Crippen LogP contribution >= 0.6 is 12.2 Å². The van der Waals surface area contributed by atoms with E-state index in [0.717, 1.165) is 18.9 Å². The van der Waals surface area contributed by atoms with Gasteiger partial charge in [0.2, 0.25) is 0 Å². The van der Waals surface area contributed by atoms with Gasteiger partial charge in [-0.2, -0.15) is 13.2 Å². The largest absolute Gasteiger partial charge is 0.433 e. The summed E-state index contributed by atoms with van der Waals surface area (Å²) >= 11 is 4.91. The predicted molar refractivity (Wildman–Crippen MR) is 75.7 cm³/mol. The molecule has 7 heteroatoms. The molecular formula is C13H16F3N3S. The van der Waals surface area contributed by atoms with E-state index in [1.807, 2.05) is 4.90 Å². The summed E-state index contributed by atoms with van der Waals surface area (Å²) in [4.78, 5) is 5.65. The summed E-state index contributed by atoms with van der Waals surface area (Å²) < 4.78 is 38.4. The van der Waals surface area contributed by atoms with Crippen LogP contribution in [0.3, 0.4) is 0 Å². The van der Waals surface area contributed by atoms with Crippen LogP contribution in [0.25, 0.3) is 0 Å². The van der Waals surface area contributed by atoms with Crippen molar-refractivity contribution in [2.75, 3.05) is 18.0 Å². The molecule has 1 saturated heterocycles. The van der Waals surface area contributed by atoms with Crippen LogP contribution in [-0.4, -0.2) is 23.1 Å². The fourth-order valence-corrected chi connectivity index (χ4v) is 2.42. The molecule has 1 aromatic heterocycles. The van der Waals surface area contributed by atoms with Crippen molar-refractivity contribution in [3.8, 4) is 0 Å². The molecule has 1 aliphatic heterocycles. The van der Waals surface area contributed by atoms with Crippen molar-refractivity contribution in [3.63, 3.8) is 0 Å². The zero-order valence-corrected chi connectivity index (χ0v) is 11.9. The molecular weight excluding hydrogens is 287 g/mol. The number of rotatable bonds is 2. The fraction of sp³-hybridized carbons (Fsp3) is 0.538. The molecule has 1 fully saturated rings. The number of anilines is 1. The number of pyridine rings is 1. The van der Waals surface area contributed by atoms with Crippen LogP contribution in [0.2, 0.25) is 0 Å². The fourth-order valence-electron chi connectivity index (χ4n) is 2.26. The second-order valence-corrected chi connectivity index (χ2v) is 5.54. The Bertz CT molecular complexity index is 508. The molecule has 3 nitrogen and oxygen atoms in total. The zero-order valence-electron chi connectivity index (χ0n) is 11.1. The van der Waals surface area contributed by atoms with Crippen molar-refractivity contribution in [1.29, 1.82) is 0 Å². The van der Waals surface area contributed by atoms with E-state index in [4.69, 9.17) is 18.0 Å². The number of hydrogen-bond acceptors (Lipinski definition) is 3. The lowest BCUT2D eigenvalue weighted by Gasteiger charge is -2.32. The number of piperidine rings is 1. The average molecular weight is 303 g/mol. The van der Waals surface area contributed by atoms with Gasteiger partial charge in [-0.3, -0.25) is 0 Å². The smallest absolute Gasteiger partial charge is 0.389 e. The summed E-state index contributed by atoms with van der Waals surface area (Å²) in [6.45, 7) is 3.47. The Morgan fingerprint density at radius 1 is 1.35 bits per heavy atom. The van der Waals surface area contributed by atoms with Gasteiger partial charge in [0.05, 0.1) is 5.56 Å². The molecule has 20 heavy (non-hydrogen) atoms. The molecule has 0 radical (unpaired) electrons. The molecule has 0 bridgehead atoms. The molecule has 2 heterocycles. The maximum absolute atomic E-state index is 12.8. The second-order valence-electron chi connectivity index (χ2n) is 5.10. The Labute approximate surface area is 121 Å². The number of aromatic nitrogens is 1. The molecule has 110 valence electrons. The number of hydrogen-bond donors (Lipinski definition) is 1. The third kappa shape index (κ3) is 3.20. The van der Waals surface area contributed by atoms with Gasteiger partial charge in [-0.25, -0.2) is 4.98 Å². The number of nitrogens with two attached hydrogens (primary N) is 1. The molecule has 2 N–H and O–H groups in total. The van der Waals surface area contributed by atoms with Crippen molar-refractivity contribution in [2.45, 2.75) is 25.9 Å². The van der Waals surface area contributed by atoms with Crippen LogP contribution in [-0.2, 0) is 6.18 Å². The third-order valence-corrected chi connectivity index (χ3v) is 3.73. The number of alkyl halides is 3. The summed E-state index contributed by atoms with van der Waals surface area (Å²) in [6.07, 6.45) is -2.62. The Kier molecular flexibility index (Phi) is 4.17. The van der Waals surface area contributed by atoms with Crippen LogP contribution < -0.4 is 10.6 Å². The highest BCUT2D eigenvalue weighted by atomic mass is 32.1. The molecule has 0 aromatic carbocycles. The molecule has 0 atom stereocenters. The standard InChI is InChI=1S/C13H16F3N3S/c1-8-4-6-19(7-5-8)12-9(11(17)20)2-3-10(18-12)13(14,15)16/h2-3,8H,4-7H2,1H3,(H2,17,20). The lowest BCUT2D eigenvalue weighted by atomic mass is 9.99. The Hall–Kier alpha value is -1.37. The van der Waals surface area contributed by atoms with Crippen molar-refractivity contribution in [3.05, 3.63) is 23.4 Å². The Balaban J connectivity index is 2.39. The molecule has 1 aliphatic rings. The summed E-state index contributed by atoms with van der Waals surface area (Å²) in [6, 6.07) is 2.23. The summed E-state index contributed by atoms with van der Waals surface area (Å²) in [5.41, 5.74) is 5.09. The maximum atomic E-state index is 12.8. The van der Waals surface area contributed by atoms with Crippen molar-refractivity contribution < 1.29 is 13.2 Å². The van der Waals surface area contributed by atoms with E-state index < -0.39 is 11.9 Å². The maximum Gasteiger partial charge on any atom is 0.433 e. The van der Waals surface area contributed by atoms with E-state index in [-0.39, 0.29) is 10.8 Å². The van der Waals surface area contributed by atoms with Gasteiger partial charge >= 0.3 is 6.18 Å². The molecule has 0 amide bonds. The quantitative estimate of drug-likeness (QED) is 0.853. The predicted octanol–water partition coefficient (Wildman–Crippen LogP) is 2.97. The minimum atomic E-state index is -4.47. The zero-order chi connectivity index (χ0) is 14.9. The van der Waals surface area contributed by atoms with Gasteiger partial charge in [-0.15, -0.1) is 0 Å². The van der Waals surface area contributed by atoms with E-state index in [1.54, 1.807) is 0 Å². The highest BCUT2D eigenvalue weighted by molar-refractivity contribution is 7.80. The average Bonchev–Trinajstić information content (AvgIpc) is 2.37. The van der Waals surface area contributed by atoms with Gasteiger partial charge in [0.25, 0.3) is 0 Å². The van der Waals surface area contributed by atoms with E-state index >= 15 is 0 Å². The van der Waals surface area contributed by atoms with Gasteiger partial charge in [-0.05, 0) is 30.9 Å². The first-order valence-electron chi connectivity index (χ1n) is 6.42. The van der Waals surface area contributed by atoms with Crippen LogP contribution in [0.1, 0.15) is 31.0 Å². The van der Waals surface area contributed by atoms with E-state index in [9.17, 15) is 13.2 Å². The molecule has 2 rings (SSSR count). The van der Waals surface area contributed by atoms with Crippen LogP contribution in [0.15, 0.2) is 12.1 Å². The number of thiocarbonyl (C=S) groups is 1. The molecule has 1 aromatic rings. The Morgan fingerprint density at radius 2 is 1.95 bits per heavy atom. The lowest BCUT2D eigenvalue weighted by molar-refractivity contribution is -0.141. The van der Waals surface area contributed by atoms with Gasteiger partial charge in [-0.1, -0.05) is 19.1 Å². The van der Waals surface area contributed by atoms with Gasteiger partial charge in [0.1, 0.15) is 16.5 Å². The second kappa shape index (κ2) is 5.55. The monoisotopic (exact) mass is 303 g/mol. The minimum absolute atomic E-state index is 0.0693. The van der Waals surface area contributed by atoms with Crippen molar-refractivity contribution >= 4 is 23.0 Å². The molecule has 0 aliphatic carbocycles. The van der Waals surface area contributed by atoms with Gasteiger partial charge in [0, 0.05) is 13.1 Å². The highest BCUT2D eigenvalue weighted by Gasteiger charge is 2.34. The van der Waals surface area contributed by atoms with Gasteiger partial charge in [0.15, 0.2) is 0 Å². The molecule has 0 spiro atoms. The van der Waals surface area contributed by atoms with E-state index in [1.165, 1.54) is 6.07 Å². The lowest BCUT2D eigenvalue weighted by Crippen LogP contribution is -2.35. The molecule has 0 unspecified atom stereocenters. The van der Waals surface area contributed by atoms with E-state index in [2.05, 4.69) is 11.9 Å². The summed E-state index contributed by atoms with van der Waals surface area (Å²) in [5, 5.41) is 0. The topological polar surface area (TPSA) is 42.2 Å². The number of nitrogens with zero attached hydrogens (tertiary/aromatic N) is 2.